The molecule has 1 aliphatic heterocycles. The summed E-state index contributed by atoms with van der Waals surface area (Å²) in [5.41, 5.74) is 0. The number of hydrogen-bond acceptors (Lipinski definition) is 3. The van der Waals surface area contributed by atoms with Gasteiger partial charge in [-0.25, -0.2) is 0 Å². The van der Waals surface area contributed by atoms with Gasteiger partial charge in [0, 0.05) is 6.42 Å². The average Bonchev–Trinajstić information content (AvgIpc) is 3.30. The number of unbranched alkanes of at least 4 members (excludes halogenated alkanes) is 5. The minimum Gasteiger partial charge on any atom is -0.469 e. The first-order valence-electron chi connectivity index (χ1n) is 9.00. The number of epoxide rings is 1. The second kappa shape index (κ2) is 13.1. The van der Waals surface area contributed by atoms with Crippen LogP contribution in [0.4, 0.5) is 0 Å². The summed E-state index contributed by atoms with van der Waals surface area (Å²) < 4.78 is 10.1. The molecule has 2 atom stereocenters. The maximum Gasteiger partial charge on any atom is 0.305 e. The number of methoxy groups -OCH3 is 1. The summed E-state index contributed by atoms with van der Waals surface area (Å²) in [5.74, 6) is -0.141. The van der Waals surface area contributed by atoms with Gasteiger partial charge in [-0.2, -0.15) is 0 Å². The standard InChI is InChI=1S/C20H32O3/c1-3-4-5-6-7-8-9-10-11-12-13-15-18-19(23-18)16-14-17-20(21)22-2/h9-13,15,18-19H,3-8,14,16-17H2,1-2H3. The fourth-order valence-electron chi connectivity index (χ4n) is 2.45. The van der Waals surface area contributed by atoms with E-state index in [1.165, 1.54) is 45.6 Å². The molecule has 0 aliphatic carbocycles. The summed E-state index contributed by atoms with van der Waals surface area (Å²) in [6.45, 7) is 2.25. The van der Waals surface area contributed by atoms with Gasteiger partial charge >= 0.3 is 5.97 Å². The summed E-state index contributed by atoms with van der Waals surface area (Å²) in [4.78, 5) is 11.0. The molecule has 1 aliphatic rings. The lowest BCUT2D eigenvalue weighted by atomic mass is 10.1. The first-order valence-corrected chi connectivity index (χ1v) is 9.00. The van der Waals surface area contributed by atoms with Gasteiger partial charge in [-0.3, -0.25) is 4.79 Å². The molecule has 130 valence electrons. The zero-order valence-corrected chi connectivity index (χ0v) is 14.7. The lowest BCUT2D eigenvalue weighted by Gasteiger charge is -1.96. The summed E-state index contributed by atoms with van der Waals surface area (Å²) in [7, 11) is 1.43. The molecule has 3 nitrogen and oxygen atoms in total. The molecule has 0 spiro atoms. The maximum atomic E-state index is 11.0. The van der Waals surface area contributed by atoms with Crippen LogP contribution in [-0.4, -0.2) is 25.3 Å². The lowest BCUT2D eigenvalue weighted by molar-refractivity contribution is -0.140. The van der Waals surface area contributed by atoms with Crippen molar-refractivity contribution < 1.29 is 14.3 Å². The van der Waals surface area contributed by atoms with Crippen LogP contribution in [0.3, 0.4) is 0 Å². The minimum absolute atomic E-state index is 0.141. The van der Waals surface area contributed by atoms with Crippen molar-refractivity contribution in [2.24, 2.45) is 0 Å². The van der Waals surface area contributed by atoms with Crippen molar-refractivity contribution in [2.75, 3.05) is 7.11 Å². The van der Waals surface area contributed by atoms with Crippen LogP contribution in [0, 0.1) is 0 Å². The Balaban J connectivity index is 1.97. The summed E-state index contributed by atoms with van der Waals surface area (Å²) in [6, 6.07) is 0. The van der Waals surface area contributed by atoms with Gasteiger partial charge in [0.2, 0.25) is 0 Å². The lowest BCUT2D eigenvalue weighted by Crippen LogP contribution is -2.01. The molecule has 1 rings (SSSR count). The van der Waals surface area contributed by atoms with E-state index in [0.717, 1.165) is 12.8 Å². The zero-order chi connectivity index (χ0) is 16.8. The molecule has 0 aromatic heterocycles. The van der Waals surface area contributed by atoms with Crippen molar-refractivity contribution in [3.8, 4) is 0 Å². The van der Waals surface area contributed by atoms with E-state index in [4.69, 9.17) is 4.74 Å². The molecule has 0 saturated carbocycles. The topological polar surface area (TPSA) is 38.8 Å². The first kappa shape index (κ1) is 19.7. The van der Waals surface area contributed by atoms with Crippen LogP contribution in [0.25, 0.3) is 0 Å². The van der Waals surface area contributed by atoms with Crippen LogP contribution in [0.2, 0.25) is 0 Å². The van der Waals surface area contributed by atoms with Crippen molar-refractivity contribution in [1.82, 2.24) is 0 Å². The molecule has 1 heterocycles. The Morgan fingerprint density at radius 3 is 2.61 bits per heavy atom. The van der Waals surface area contributed by atoms with Gasteiger partial charge in [0.25, 0.3) is 0 Å². The number of esters is 1. The number of carbonyl (C=O) groups is 1. The highest BCUT2D eigenvalue weighted by Crippen LogP contribution is 2.28. The quantitative estimate of drug-likeness (QED) is 0.204. The van der Waals surface area contributed by atoms with E-state index in [9.17, 15) is 4.79 Å². The molecular weight excluding hydrogens is 288 g/mol. The van der Waals surface area contributed by atoms with E-state index in [0.29, 0.717) is 6.42 Å². The third-order valence-electron chi connectivity index (χ3n) is 3.96. The fraction of sp³-hybridized carbons (Fsp3) is 0.650. The van der Waals surface area contributed by atoms with E-state index in [-0.39, 0.29) is 18.2 Å². The number of ether oxygens (including phenoxy) is 2. The number of carbonyl (C=O) groups excluding carboxylic acids is 1. The Morgan fingerprint density at radius 1 is 1.04 bits per heavy atom. The van der Waals surface area contributed by atoms with Gasteiger partial charge < -0.3 is 9.47 Å². The van der Waals surface area contributed by atoms with Crippen molar-refractivity contribution in [3.63, 3.8) is 0 Å². The first-order chi connectivity index (χ1) is 11.3. The van der Waals surface area contributed by atoms with Crippen molar-refractivity contribution in [2.45, 2.75) is 76.9 Å². The van der Waals surface area contributed by atoms with E-state index in [1.807, 2.05) is 12.2 Å². The average molecular weight is 320 g/mol. The highest BCUT2D eigenvalue weighted by Gasteiger charge is 2.35. The largest absolute Gasteiger partial charge is 0.469 e. The zero-order valence-electron chi connectivity index (χ0n) is 14.7. The minimum atomic E-state index is -0.141. The third-order valence-corrected chi connectivity index (χ3v) is 3.96. The molecule has 0 aromatic rings. The predicted octanol–water partition coefficient (Wildman–Crippen LogP) is 5.13. The molecule has 0 radical (unpaired) electrons. The van der Waals surface area contributed by atoms with E-state index < -0.39 is 0 Å². The molecule has 2 unspecified atom stereocenters. The molecule has 23 heavy (non-hydrogen) atoms. The monoisotopic (exact) mass is 320 g/mol. The van der Waals surface area contributed by atoms with Crippen LogP contribution in [-0.2, 0) is 14.3 Å². The highest BCUT2D eigenvalue weighted by molar-refractivity contribution is 5.68. The van der Waals surface area contributed by atoms with E-state index in [1.54, 1.807) is 0 Å². The normalized spacial score (nSPS) is 20.8. The Bertz CT molecular complexity index is 396. The predicted molar refractivity (Wildman–Crippen MR) is 95.3 cm³/mol. The molecule has 1 fully saturated rings. The number of allylic oxidation sites excluding steroid dienone is 5. The van der Waals surface area contributed by atoms with Gasteiger partial charge in [-0.15, -0.1) is 0 Å². The fourth-order valence-corrected chi connectivity index (χ4v) is 2.45. The smallest absolute Gasteiger partial charge is 0.305 e. The molecule has 0 N–H and O–H groups in total. The van der Waals surface area contributed by atoms with Crippen LogP contribution in [0.1, 0.15) is 64.7 Å². The van der Waals surface area contributed by atoms with Crippen molar-refractivity contribution >= 4 is 5.97 Å². The van der Waals surface area contributed by atoms with Crippen LogP contribution in [0.15, 0.2) is 36.5 Å². The van der Waals surface area contributed by atoms with Gasteiger partial charge in [0.15, 0.2) is 0 Å². The van der Waals surface area contributed by atoms with E-state index in [2.05, 4.69) is 36.0 Å². The molecule has 0 bridgehead atoms. The summed E-state index contributed by atoms with van der Waals surface area (Å²) in [5, 5.41) is 0. The Labute approximate surface area is 141 Å². The van der Waals surface area contributed by atoms with Gasteiger partial charge in [0.1, 0.15) is 6.10 Å². The highest BCUT2D eigenvalue weighted by atomic mass is 16.6. The Morgan fingerprint density at radius 2 is 1.83 bits per heavy atom. The summed E-state index contributed by atoms with van der Waals surface area (Å²) in [6.07, 6.45) is 23.2. The Kier molecular flexibility index (Phi) is 11.2. The second-order valence-corrected chi connectivity index (χ2v) is 6.01. The van der Waals surface area contributed by atoms with Crippen LogP contribution >= 0.6 is 0 Å². The van der Waals surface area contributed by atoms with Gasteiger partial charge in [-0.05, 0) is 25.7 Å². The van der Waals surface area contributed by atoms with Crippen molar-refractivity contribution in [1.29, 1.82) is 0 Å². The molecule has 1 saturated heterocycles. The molecule has 0 aromatic carbocycles. The van der Waals surface area contributed by atoms with Gasteiger partial charge in [0.05, 0.1) is 13.2 Å². The molecule has 3 heteroatoms. The van der Waals surface area contributed by atoms with Crippen LogP contribution in [0.5, 0.6) is 0 Å². The Hall–Kier alpha value is -1.35. The van der Waals surface area contributed by atoms with Gasteiger partial charge in [-0.1, -0.05) is 69.1 Å². The summed E-state index contributed by atoms with van der Waals surface area (Å²) >= 11 is 0. The number of rotatable bonds is 13. The third kappa shape index (κ3) is 10.9. The van der Waals surface area contributed by atoms with Crippen LogP contribution < -0.4 is 0 Å². The second-order valence-electron chi connectivity index (χ2n) is 6.01. The van der Waals surface area contributed by atoms with Crippen molar-refractivity contribution in [3.05, 3.63) is 36.5 Å². The molecular formula is C20H32O3. The molecule has 0 amide bonds. The maximum absolute atomic E-state index is 11.0. The van der Waals surface area contributed by atoms with E-state index >= 15 is 0 Å². The SMILES string of the molecule is CCCCCCCC=CC=CC=CC1OC1CCCC(=O)OC. The number of hydrogen-bond donors (Lipinski definition) is 0.